The highest BCUT2D eigenvalue weighted by Gasteiger charge is 2.43. The summed E-state index contributed by atoms with van der Waals surface area (Å²) in [6.45, 7) is 4.94. The number of amides is 2. The van der Waals surface area contributed by atoms with Crippen molar-refractivity contribution < 1.29 is 43.7 Å². The van der Waals surface area contributed by atoms with Gasteiger partial charge in [0.15, 0.2) is 0 Å². The van der Waals surface area contributed by atoms with E-state index in [-0.39, 0.29) is 31.9 Å². The van der Waals surface area contributed by atoms with E-state index < -0.39 is 51.9 Å². The fourth-order valence-electron chi connectivity index (χ4n) is 4.73. The molecular weight excluding hydrogens is 614 g/mol. The van der Waals surface area contributed by atoms with Gasteiger partial charge in [-0.05, 0) is 62.3 Å². The molecule has 0 spiro atoms. The van der Waals surface area contributed by atoms with Gasteiger partial charge in [0.2, 0.25) is 5.91 Å². The van der Waals surface area contributed by atoms with Gasteiger partial charge in [-0.3, -0.25) is 14.6 Å². The fraction of sp³-hybridized carbons (Fsp3) is 0.429. The number of carbonyl (C=O) groups is 3. The Morgan fingerprint density at radius 2 is 1.69 bits per heavy atom. The summed E-state index contributed by atoms with van der Waals surface area (Å²) in [6, 6.07) is 10.3. The third kappa shape index (κ3) is 9.46. The largest absolute Gasteiger partial charge is 0.461 e. The monoisotopic (exact) mass is 645 g/mol. The SMILES string of the molecule is CC(C)(C)OC(=O)NC[C@@H](C(=O)Nc1cc2ccncc2s1)c1ccc(COC(=O)C2C[C@@H](O[N+](=O)[O-])[C@H](O[N+](=O)[O-])C2)cc1. The molecule has 1 saturated carbocycles. The third-order valence-electron chi connectivity index (χ3n) is 6.72. The number of carbonyl (C=O) groups excluding carboxylic acids is 3. The molecule has 3 atom stereocenters. The summed E-state index contributed by atoms with van der Waals surface area (Å²) < 4.78 is 11.6. The molecule has 4 rings (SSSR count). The Labute approximate surface area is 260 Å². The first-order valence-corrected chi connectivity index (χ1v) is 14.6. The van der Waals surface area contributed by atoms with E-state index >= 15 is 0 Å². The summed E-state index contributed by atoms with van der Waals surface area (Å²) in [4.78, 5) is 72.9. The Kier molecular flexibility index (Phi) is 10.3. The molecule has 1 fully saturated rings. The zero-order chi connectivity index (χ0) is 32.7. The number of hydrogen-bond acceptors (Lipinski definition) is 13. The number of fused-ring (bicyclic) bond motifs is 1. The number of rotatable bonds is 12. The summed E-state index contributed by atoms with van der Waals surface area (Å²) in [5, 5.41) is 26.4. The molecule has 0 saturated heterocycles. The number of thiophene rings is 1. The highest BCUT2D eigenvalue weighted by Crippen LogP contribution is 2.33. The maximum atomic E-state index is 13.4. The van der Waals surface area contributed by atoms with Crippen LogP contribution >= 0.6 is 11.3 Å². The number of hydrogen-bond donors (Lipinski definition) is 2. The summed E-state index contributed by atoms with van der Waals surface area (Å²) in [7, 11) is 0. The first kappa shape index (κ1) is 32.8. The second-order valence-corrected chi connectivity index (χ2v) is 12.3. The summed E-state index contributed by atoms with van der Waals surface area (Å²) in [6.07, 6.45) is -0.270. The molecule has 2 heterocycles. The highest BCUT2D eigenvalue weighted by molar-refractivity contribution is 7.22. The van der Waals surface area contributed by atoms with Gasteiger partial charge in [0.05, 0.1) is 21.5 Å². The standard InChI is InChI=1S/C28H31N5O11S/c1-28(2,3)42-27(36)30-13-20(25(34)31-24-12-18-8-9-29-14-23(18)45-24)17-6-4-16(5-7-17)15-41-26(35)19-10-21(43-32(37)38)22(11-19)44-33(39)40/h4-9,12,14,19-22H,10-11,13,15H2,1-3H3,(H,30,36)(H,31,34)/t20-,21-,22-/m1/s1. The minimum atomic E-state index is -1.29. The number of nitrogens with zero attached hydrogens (tertiary/aromatic N) is 3. The molecule has 240 valence electrons. The van der Waals surface area contributed by atoms with Crippen LogP contribution in [-0.4, -0.2) is 57.5 Å². The van der Waals surface area contributed by atoms with Crippen LogP contribution in [0.1, 0.15) is 50.7 Å². The van der Waals surface area contributed by atoms with Crippen molar-refractivity contribution in [2.75, 3.05) is 11.9 Å². The van der Waals surface area contributed by atoms with Gasteiger partial charge in [0, 0.05) is 18.9 Å². The van der Waals surface area contributed by atoms with Crippen LogP contribution in [0, 0.1) is 26.1 Å². The average Bonchev–Trinajstić information content (AvgIpc) is 3.54. The molecule has 2 aromatic heterocycles. The number of nitrogens with one attached hydrogen (secondary N) is 2. The van der Waals surface area contributed by atoms with Crippen LogP contribution in [-0.2, 0) is 35.3 Å². The van der Waals surface area contributed by atoms with E-state index in [2.05, 4.69) is 25.3 Å². The van der Waals surface area contributed by atoms with Crippen LogP contribution in [0.4, 0.5) is 9.80 Å². The normalized spacial score (nSPS) is 17.2. The Morgan fingerprint density at radius 3 is 2.27 bits per heavy atom. The molecule has 1 aliphatic rings. The Bertz CT molecular complexity index is 1500. The van der Waals surface area contributed by atoms with Crippen LogP contribution < -0.4 is 10.6 Å². The predicted octanol–water partition coefficient (Wildman–Crippen LogP) is 4.15. The molecule has 2 N–H and O–H groups in total. The molecule has 16 nitrogen and oxygen atoms in total. The van der Waals surface area contributed by atoms with Crippen molar-refractivity contribution in [2.24, 2.45) is 5.92 Å². The van der Waals surface area contributed by atoms with E-state index in [0.717, 1.165) is 10.1 Å². The number of ether oxygens (including phenoxy) is 2. The number of alkyl carbamates (subject to hydrolysis) is 1. The first-order valence-electron chi connectivity index (χ1n) is 13.8. The van der Waals surface area contributed by atoms with Gasteiger partial charge in [0.1, 0.15) is 24.4 Å². The zero-order valence-corrected chi connectivity index (χ0v) is 25.3. The number of anilines is 1. The maximum absolute atomic E-state index is 13.4. The van der Waals surface area contributed by atoms with Crippen LogP contribution in [0.25, 0.3) is 10.1 Å². The first-order chi connectivity index (χ1) is 21.3. The second-order valence-electron chi connectivity index (χ2n) is 11.2. The number of benzene rings is 1. The predicted molar refractivity (Wildman–Crippen MR) is 158 cm³/mol. The van der Waals surface area contributed by atoms with E-state index in [4.69, 9.17) is 9.47 Å². The second kappa shape index (κ2) is 14.1. The van der Waals surface area contributed by atoms with Gasteiger partial charge in [-0.25, -0.2) is 4.79 Å². The quantitative estimate of drug-likeness (QED) is 0.162. The lowest BCUT2D eigenvalue weighted by Gasteiger charge is -2.22. The van der Waals surface area contributed by atoms with Crippen molar-refractivity contribution >= 4 is 44.4 Å². The lowest BCUT2D eigenvalue weighted by molar-refractivity contribution is -0.797. The summed E-state index contributed by atoms with van der Waals surface area (Å²) >= 11 is 1.36. The van der Waals surface area contributed by atoms with Crippen LogP contribution in [0.2, 0.25) is 0 Å². The molecule has 0 unspecified atom stereocenters. The number of esters is 1. The van der Waals surface area contributed by atoms with Crippen molar-refractivity contribution in [1.29, 1.82) is 0 Å². The van der Waals surface area contributed by atoms with Crippen molar-refractivity contribution in [3.63, 3.8) is 0 Å². The van der Waals surface area contributed by atoms with Gasteiger partial charge in [-0.1, -0.05) is 24.3 Å². The molecular formula is C28H31N5O11S. The third-order valence-corrected chi connectivity index (χ3v) is 7.72. The Morgan fingerprint density at radius 1 is 1.04 bits per heavy atom. The van der Waals surface area contributed by atoms with Crippen molar-refractivity contribution in [3.05, 3.63) is 80.1 Å². The minimum Gasteiger partial charge on any atom is -0.461 e. The summed E-state index contributed by atoms with van der Waals surface area (Å²) in [5.41, 5.74) is 0.403. The molecule has 1 aromatic carbocycles. The molecule has 0 bridgehead atoms. The Hall–Kier alpha value is -5.06. The molecule has 0 radical (unpaired) electrons. The van der Waals surface area contributed by atoms with Crippen molar-refractivity contribution in [2.45, 2.75) is 63.9 Å². The zero-order valence-electron chi connectivity index (χ0n) is 24.5. The van der Waals surface area contributed by atoms with Crippen molar-refractivity contribution in [1.82, 2.24) is 10.3 Å². The van der Waals surface area contributed by atoms with Gasteiger partial charge in [-0.15, -0.1) is 31.6 Å². The Balaban J connectivity index is 1.41. The lowest BCUT2D eigenvalue weighted by atomic mass is 9.97. The van der Waals surface area contributed by atoms with Gasteiger partial charge in [-0.2, -0.15) is 0 Å². The lowest BCUT2D eigenvalue weighted by Crippen LogP contribution is -2.37. The average molecular weight is 646 g/mol. The van der Waals surface area contributed by atoms with E-state index in [1.165, 1.54) is 11.3 Å². The van der Waals surface area contributed by atoms with Gasteiger partial charge >= 0.3 is 12.1 Å². The van der Waals surface area contributed by atoms with Crippen LogP contribution in [0.15, 0.2) is 48.8 Å². The van der Waals surface area contributed by atoms with E-state index in [9.17, 15) is 34.6 Å². The minimum absolute atomic E-state index is 0.0655. The smallest absolute Gasteiger partial charge is 0.407 e. The molecule has 2 amide bonds. The van der Waals surface area contributed by atoms with Crippen LogP contribution in [0.3, 0.4) is 0 Å². The molecule has 17 heteroatoms. The van der Waals surface area contributed by atoms with Crippen LogP contribution in [0.5, 0.6) is 0 Å². The maximum Gasteiger partial charge on any atom is 0.407 e. The highest BCUT2D eigenvalue weighted by atomic mass is 32.1. The molecule has 45 heavy (non-hydrogen) atoms. The number of pyridine rings is 1. The molecule has 0 aliphatic heterocycles. The summed E-state index contributed by atoms with van der Waals surface area (Å²) in [5.74, 6) is -2.81. The van der Waals surface area contributed by atoms with E-state index in [1.54, 1.807) is 57.4 Å². The molecule has 3 aromatic rings. The fourth-order valence-corrected chi connectivity index (χ4v) is 5.66. The molecule has 1 aliphatic carbocycles. The van der Waals surface area contributed by atoms with Gasteiger partial charge < -0.3 is 29.8 Å². The number of aromatic nitrogens is 1. The van der Waals surface area contributed by atoms with E-state index in [1.807, 2.05) is 12.1 Å². The van der Waals surface area contributed by atoms with E-state index in [0.29, 0.717) is 16.1 Å². The van der Waals surface area contributed by atoms with Gasteiger partial charge in [0.25, 0.3) is 10.2 Å². The van der Waals surface area contributed by atoms with Crippen molar-refractivity contribution in [3.8, 4) is 0 Å². The topological polar surface area (TPSA) is 211 Å².